The summed E-state index contributed by atoms with van der Waals surface area (Å²) in [5.41, 5.74) is 6.84. The summed E-state index contributed by atoms with van der Waals surface area (Å²) in [6.45, 7) is 4.78. The molecule has 2 aromatic carbocycles. The van der Waals surface area contributed by atoms with Gasteiger partial charge in [-0.2, -0.15) is 5.26 Å². The Morgan fingerprint density at radius 3 is 2.47 bits per heavy atom. The molecule has 4 aromatic rings. The van der Waals surface area contributed by atoms with Gasteiger partial charge in [0.2, 0.25) is 0 Å². The zero-order chi connectivity index (χ0) is 23.5. The number of pyridine rings is 1. The molecule has 170 valence electrons. The van der Waals surface area contributed by atoms with E-state index in [1.807, 2.05) is 47.0 Å². The van der Waals surface area contributed by atoms with Crippen LogP contribution < -0.4 is 10.6 Å². The third-order valence-electron chi connectivity index (χ3n) is 6.50. The lowest BCUT2D eigenvalue weighted by molar-refractivity contribution is 0.0944. The Hall–Kier alpha value is -3.95. The van der Waals surface area contributed by atoms with Gasteiger partial charge in [0.1, 0.15) is 5.65 Å². The number of aryl methyl sites for hydroxylation is 1. The molecule has 3 heterocycles. The van der Waals surface area contributed by atoms with Gasteiger partial charge in [-0.05, 0) is 63.0 Å². The van der Waals surface area contributed by atoms with Crippen molar-refractivity contribution in [2.24, 2.45) is 5.92 Å². The highest BCUT2D eigenvalue weighted by molar-refractivity contribution is 5.94. The minimum absolute atomic E-state index is 0.0724. The van der Waals surface area contributed by atoms with Crippen molar-refractivity contribution in [1.29, 1.82) is 5.26 Å². The maximum Gasteiger partial charge on any atom is 0.252 e. The van der Waals surface area contributed by atoms with Gasteiger partial charge in [-0.15, -0.1) is 0 Å². The van der Waals surface area contributed by atoms with Crippen LogP contribution in [0.1, 0.15) is 34.3 Å². The van der Waals surface area contributed by atoms with Crippen molar-refractivity contribution >= 4 is 11.6 Å². The second-order valence-electron chi connectivity index (χ2n) is 8.91. The smallest absolute Gasteiger partial charge is 0.252 e. The highest BCUT2D eigenvalue weighted by Gasteiger charge is 2.19. The number of nitrogens with one attached hydrogen (secondary N) is 2. The summed E-state index contributed by atoms with van der Waals surface area (Å²) in [5, 5.41) is 15.7. The number of benzene rings is 2. The molecule has 1 fully saturated rings. The first-order chi connectivity index (χ1) is 16.6. The van der Waals surface area contributed by atoms with E-state index >= 15 is 0 Å². The lowest BCUT2D eigenvalue weighted by Gasteiger charge is -2.22. The number of carbonyl (C=O) groups is 1. The lowest BCUT2D eigenvalue weighted by atomic mass is 9.98. The van der Waals surface area contributed by atoms with E-state index in [-0.39, 0.29) is 5.91 Å². The molecule has 1 aliphatic heterocycles. The van der Waals surface area contributed by atoms with Crippen molar-refractivity contribution < 1.29 is 4.79 Å². The highest BCUT2D eigenvalue weighted by Crippen LogP contribution is 2.33. The summed E-state index contributed by atoms with van der Waals surface area (Å²) < 4.78 is 1.98. The van der Waals surface area contributed by atoms with E-state index in [0.717, 1.165) is 54.1 Å². The van der Waals surface area contributed by atoms with Crippen LogP contribution >= 0.6 is 0 Å². The fraction of sp³-hybridized carbons (Fsp3) is 0.250. The van der Waals surface area contributed by atoms with Gasteiger partial charge in [-0.1, -0.05) is 42.0 Å². The van der Waals surface area contributed by atoms with Crippen LogP contribution in [-0.4, -0.2) is 34.9 Å². The number of nitriles is 1. The van der Waals surface area contributed by atoms with E-state index in [1.54, 1.807) is 0 Å². The van der Waals surface area contributed by atoms with E-state index in [2.05, 4.69) is 47.9 Å². The third-order valence-corrected chi connectivity index (χ3v) is 6.50. The van der Waals surface area contributed by atoms with Crippen molar-refractivity contribution in [2.45, 2.75) is 19.8 Å². The van der Waals surface area contributed by atoms with E-state index in [0.29, 0.717) is 23.6 Å². The number of nitrogens with zero attached hydrogens (tertiary/aromatic N) is 3. The fourth-order valence-corrected chi connectivity index (χ4v) is 4.50. The summed E-state index contributed by atoms with van der Waals surface area (Å²) in [7, 11) is 0. The number of aromatic nitrogens is 2. The number of carbonyl (C=O) groups excluding carboxylic acids is 1. The molecule has 1 saturated heterocycles. The first kappa shape index (κ1) is 21.9. The van der Waals surface area contributed by atoms with E-state index < -0.39 is 0 Å². The van der Waals surface area contributed by atoms with Crippen molar-refractivity contribution in [1.82, 2.24) is 20.0 Å². The molecule has 1 amide bonds. The zero-order valence-corrected chi connectivity index (χ0v) is 19.2. The Kier molecular flexibility index (Phi) is 6.11. The largest absolute Gasteiger partial charge is 0.352 e. The SMILES string of the molecule is Cc1ccc(-c2nc3ccc(C(=O)NCC4CCNCC4)cn3c2-c2ccc(C#N)cc2)cc1. The molecule has 0 unspecified atom stereocenters. The van der Waals surface area contributed by atoms with Gasteiger partial charge in [-0.3, -0.25) is 9.20 Å². The molecule has 0 bridgehead atoms. The Bertz CT molecular complexity index is 1360. The second-order valence-corrected chi connectivity index (χ2v) is 8.91. The summed E-state index contributed by atoms with van der Waals surface area (Å²) in [4.78, 5) is 17.9. The highest BCUT2D eigenvalue weighted by atomic mass is 16.1. The predicted octanol–water partition coefficient (Wildman–Crippen LogP) is 4.58. The van der Waals surface area contributed by atoms with Gasteiger partial charge < -0.3 is 10.6 Å². The van der Waals surface area contributed by atoms with Gasteiger partial charge in [-0.25, -0.2) is 4.98 Å². The normalized spacial score (nSPS) is 14.1. The van der Waals surface area contributed by atoms with Gasteiger partial charge in [0.05, 0.1) is 28.6 Å². The van der Waals surface area contributed by atoms with Crippen LogP contribution in [-0.2, 0) is 0 Å². The average Bonchev–Trinajstić information content (AvgIpc) is 3.27. The number of piperidine rings is 1. The van der Waals surface area contributed by atoms with Crippen LogP contribution in [0.2, 0.25) is 0 Å². The Morgan fingerprint density at radius 2 is 1.76 bits per heavy atom. The number of hydrogen-bond acceptors (Lipinski definition) is 4. The summed E-state index contributed by atoms with van der Waals surface area (Å²) in [6, 6.07) is 21.7. The van der Waals surface area contributed by atoms with Crippen molar-refractivity contribution in [3.8, 4) is 28.6 Å². The minimum Gasteiger partial charge on any atom is -0.352 e. The van der Waals surface area contributed by atoms with Crippen molar-refractivity contribution in [3.05, 3.63) is 83.6 Å². The third kappa shape index (κ3) is 4.43. The molecule has 5 rings (SSSR count). The molecule has 0 atom stereocenters. The minimum atomic E-state index is -0.0724. The number of fused-ring (bicyclic) bond motifs is 1. The number of hydrogen-bond donors (Lipinski definition) is 2. The fourth-order valence-electron chi connectivity index (χ4n) is 4.50. The zero-order valence-electron chi connectivity index (χ0n) is 19.2. The second kappa shape index (κ2) is 9.50. The first-order valence-corrected chi connectivity index (χ1v) is 11.7. The first-order valence-electron chi connectivity index (χ1n) is 11.7. The standard InChI is InChI=1S/C28H27N5O/c1-19-2-6-22(7-3-19)26-27(23-8-4-20(16-29)5-9-23)33-18-24(10-11-25(33)32-26)28(34)31-17-21-12-14-30-15-13-21/h2-11,18,21,30H,12-15,17H2,1H3,(H,31,34). The number of imidazole rings is 1. The van der Waals surface area contributed by atoms with Crippen LogP contribution in [0.3, 0.4) is 0 Å². The summed E-state index contributed by atoms with van der Waals surface area (Å²) in [6.07, 6.45) is 4.04. The molecule has 1 aliphatic rings. The molecule has 6 nitrogen and oxygen atoms in total. The van der Waals surface area contributed by atoms with Crippen LogP contribution in [0.15, 0.2) is 66.9 Å². The van der Waals surface area contributed by atoms with Crippen molar-refractivity contribution in [2.75, 3.05) is 19.6 Å². The molecule has 0 aliphatic carbocycles. The van der Waals surface area contributed by atoms with Gasteiger partial charge in [0.25, 0.3) is 5.91 Å². The van der Waals surface area contributed by atoms with E-state index in [1.165, 1.54) is 5.56 Å². The molecule has 2 aromatic heterocycles. The van der Waals surface area contributed by atoms with Gasteiger partial charge in [0, 0.05) is 23.9 Å². The molecule has 34 heavy (non-hydrogen) atoms. The maximum atomic E-state index is 13.0. The summed E-state index contributed by atoms with van der Waals surface area (Å²) in [5.74, 6) is 0.446. The topological polar surface area (TPSA) is 82.2 Å². The van der Waals surface area contributed by atoms with Gasteiger partial charge in [0.15, 0.2) is 0 Å². The quantitative estimate of drug-likeness (QED) is 0.467. The van der Waals surface area contributed by atoms with Crippen LogP contribution in [0.25, 0.3) is 28.2 Å². The molecule has 0 saturated carbocycles. The molecular formula is C28H27N5O. The molecular weight excluding hydrogens is 422 g/mol. The number of rotatable bonds is 5. The molecule has 6 heteroatoms. The monoisotopic (exact) mass is 449 g/mol. The number of amides is 1. The van der Waals surface area contributed by atoms with Crippen LogP contribution in [0, 0.1) is 24.2 Å². The molecule has 2 N–H and O–H groups in total. The van der Waals surface area contributed by atoms with Crippen LogP contribution in [0.5, 0.6) is 0 Å². The Balaban J connectivity index is 1.54. The average molecular weight is 450 g/mol. The van der Waals surface area contributed by atoms with Crippen molar-refractivity contribution in [3.63, 3.8) is 0 Å². The predicted molar refractivity (Wildman–Crippen MR) is 133 cm³/mol. The summed E-state index contributed by atoms with van der Waals surface area (Å²) >= 11 is 0. The van der Waals surface area contributed by atoms with E-state index in [4.69, 9.17) is 4.98 Å². The maximum absolute atomic E-state index is 13.0. The Labute approximate surface area is 199 Å². The van der Waals surface area contributed by atoms with E-state index in [9.17, 15) is 10.1 Å². The van der Waals surface area contributed by atoms with Crippen LogP contribution in [0.4, 0.5) is 0 Å². The lowest BCUT2D eigenvalue weighted by Crippen LogP contribution is -2.36. The molecule has 0 spiro atoms. The van der Waals surface area contributed by atoms with Gasteiger partial charge >= 0.3 is 0 Å². The Morgan fingerprint density at radius 1 is 1.06 bits per heavy atom. The molecule has 0 radical (unpaired) electrons.